The lowest BCUT2D eigenvalue weighted by atomic mass is 9.75. The van der Waals surface area contributed by atoms with Crippen LogP contribution in [0.5, 0.6) is 0 Å². The topological polar surface area (TPSA) is 132 Å². The van der Waals surface area contributed by atoms with Gasteiger partial charge in [0.05, 0.1) is 0 Å². The van der Waals surface area contributed by atoms with Crippen molar-refractivity contribution in [3.05, 3.63) is 35.0 Å². The maximum Gasteiger partial charge on any atom is 0.273 e. The van der Waals surface area contributed by atoms with Gasteiger partial charge in [0.15, 0.2) is 11.4 Å². The lowest BCUT2D eigenvalue weighted by molar-refractivity contribution is 0.0661. The fourth-order valence-corrected chi connectivity index (χ4v) is 9.44. The third-order valence-corrected chi connectivity index (χ3v) is 12.9. The molecule has 6 aliphatic rings. The summed E-state index contributed by atoms with van der Waals surface area (Å²) in [7, 11) is 2.28. The highest BCUT2D eigenvalue weighted by Gasteiger charge is 2.40. The highest BCUT2D eigenvalue weighted by Crippen LogP contribution is 2.41. The van der Waals surface area contributed by atoms with Crippen LogP contribution in [0.2, 0.25) is 0 Å². The first kappa shape index (κ1) is 34.3. The molecule has 50 heavy (non-hydrogen) atoms. The number of rotatable bonds is 12. The average molecular weight is 691 g/mol. The Bertz CT molecular complexity index is 1490. The van der Waals surface area contributed by atoms with Gasteiger partial charge in [-0.15, -0.1) is 0 Å². The van der Waals surface area contributed by atoms with Gasteiger partial charge in [-0.1, -0.05) is 24.2 Å². The van der Waals surface area contributed by atoms with E-state index in [1.165, 1.54) is 25.7 Å². The molecule has 2 aromatic rings. The minimum atomic E-state index is -0.106. The molecule has 4 aliphatic heterocycles. The average Bonchev–Trinajstić information content (AvgIpc) is 3.96. The van der Waals surface area contributed by atoms with Crippen LogP contribution in [0.25, 0.3) is 0 Å². The molecule has 3 N–H and O–H groups in total. The molecule has 6 fully saturated rings. The van der Waals surface area contributed by atoms with Crippen molar-refractivity contribution < 1.29 is 18.6 Å². The summed E-state index contributed by atoms with van der Waals surface area (Å²) in [6, 6.07) is 4.49. The third kappa shape index (κ3) is 7.98. The second-order valence-corrected chi connectivity index (χ2v) is 17.1. The van der Waals surface area contributed by atoms with Crippen molar-refractivity contribution in [1.29, 1.82) is 0 Å². The highest BCUT2D eigenvalue weighted by molar-refractivity contribution is 5.93. The van der Waals surface area contributed by atoms with E-state index in [9.17, 15) is 9.59 Å². The second-order valence-electron chi connectivity index (χ2n) is 17.1. The molecule has 8 rings (SSSR count). The minimum Gasteiger partial charge on any atom is -0.360 e. The quantitative estimate of drug-likeness (QED) is 0.304. The molecule has 2 amide bonds. The predicted octanol–water partition coefficient (Wildman–Crippen LogP) is 3.54. The lowest BCUT2D eigenvalue weighted by Gasteiger charge is -2.45. The summed E-state index contributed by atoms with van der Waals surface area (Å²) in [5.74, 6) is 5.22. The number of likely N-dealkylation sites (tertiary alicyclic amines) is 3. The van der Waals surface area contributed by atoms with Crippen LogP contribution in [0.15, 0.2) is 21.2 Å². The molecule has 12 nitrogen and oxygen atoms in total. The first-order valence-electron chi connectivity index (χ1n) is 19.7. The summed E-state index contributed by atoms with van der Waals surface area (Å²) < 4.78 is 10.9. The van der Waals surface area contributed by atoms with Gasteiger partial charge in [0, 0.05) is 81.4 Å². The Morgan fingerprint density at radius 2 is 1.42 bits per heavy atom. The van der Waals surface area contributed by atoms with E-state index in [0.717, 1.165) is 102 Å². The maximum atomic E-state index is 13.0. The lowest BCUT2D eigenvalue weighted by Crippen LogP contribution is -2.54. The summed E-state index contributed by atoms with van der Waals surface area (Å²) in [5, 5.41) is 18.6. The van der Waals surface area contributed by atoms with Gasteiger partial charge in [0.25, 0.3) is 11.8 Å². The zero-order valence-corrected chi connectivity index (χ0v) is 30.3. The zero-order chi connectivity index (χ0) is 34.4. The molecule has 6 heterocycles. The van der Waals surface area contributed by atoms with Gasteiger partial charge in [-0.2, -0.15) is 0 Å². The molecule has 274 valence electrons. The zero-order valence-electron chi connectivity index (χ0n) is 30.3. The Balaban J connectivity index is 0.806. The summed E-state index contributed by atoms with van der Waals surface area (Å²) in [6.07, 6.45) is 9.45. The molecule has 4 saturated heterocycles. The molecule has 12 heteroatoms. The Kier molecular flexibility index (Phi) is 10.1. The van der Waals surface area contributed by atoms with Crippen LogP contribution >= 0.6 is 0 Å². The molecule has 0 aromatic carbocycles. The number of aromatic nitrogens is 2. The molecule has 2 aromatic heterocycles. The normalized spacial score (nSPS) is 34.3. The smallest absolute Gasteiger partial charge is 0.273 e. The first-order chi connectivity index (χ1) is 24.3. The summed E-state index contributed by atoms with van der Waals surface area (Å²) >= 11 is 0. The van der Waals surface area contributed by atoms with Crippen molar-refractivity contribution in [3.8, 4) is 0 Å². The van der Waals surface area contributed by atoms with E-state index in [0.29, 0.717) is 52.9 Å². The highest BCUT2D eigenvalue weighted by atomic mass is 16.5. The number of carbonyl (C=O) groups is 2. The van der Waals surface area contributed by atoms with Gasteiger partial charge >= 0.3 is 0 Å². The first-order valence-corrected chi connectivity index (χ1v) is 19.7. The van der Waals surface area contributed by atoms with Crippen LogP contribution in [-0.4, -0.2) is 121 Å². The number of nitrogens with one attached hydrogen (secondary N) is 3. The van der Waals surface area contributed by atoms with E-state index in [1.54, 1.807) is 0 Å². The van der Waals surface area contributed by atoms with Crippen molar-refractivity contribution in [2.24, 2.45) is 29.6 Å². The number of hydrogen-bond donors (Lipinski definition) is 3. The molecule has 0 bridgehead atoms. The van der Waals surface area contributed by atoms with Crippen molar-refractivity contribution in [3.63, 3.8) is 0 Å². The molecule has 2 saturated carbocycles. The van der Waals surface area contributed by atoms with E-state index in [1.807, 2.05) is 12.1 Å². The summed E-state index contributed by atoms with van der Waals surface area (Å²) in [6.45, 7) is 13.9. The third-order valence-electron chi connectivity index (χ3n) is 12.9. The molecular formula is C38H58N8O4. The molecular weight excluding hydrogens is 632 g/mol. The van der Waals surface area contributed by atoms with E-state index in [-0.39, 0.29) is 23.9 Å². The Morgan fingerprint density at radius 1 is 0.820 bits per heavy atom. The number of nitrogens with zero attached hydrogens (tertiary/aromatic N) is 5. The van der Waals surface area contributed by atoms with Crippen LogP contribution in [-0.2, 0) is 0 Å². The van der Waals surface area contributed by atoms with Gasteiger partial charge in [-0.3, -0.25) is 9.59 Å². The van der Waals surface area contributed by atoms with Crippen LogP contribution in [0, 0.1) is 29.6 Å². The van der Waals surface area contributed by atoms with Crippen molar-refractivity contribution >= 4 is 11.8 Å². The molecule has 8 atom stereocenters. The largest absolute Gasteiger partial charge is 0.360 e. The minimum absolute atomic E-state index is 0.105. The Morgan fingerprint density at radius 3 is 2.04 bits per heavy atom. The van der Waals surface area contributed by atoms with Gasteiger partial charge < -0.3 is 39.7 Å². The van der Waals surface area contributed by atoms with Crippen molar-refractivity contribution in [1.82, 2.24) is 41.0 Å². The van der Waals surface area contributed by atoms with Crippen molar-refractivity contribution in [2.45, 2.75) is 95.2 Å². The van der Waals surface area contributed by atoms with Gasteiger partial charge in [0.2, 0.25) is 0 Å². The SMILES string of the molecule is C[C@H]1CN(CCC2CCNC(C3CN(C)CCC3CN3C[C@H](C)[C@H](NC(=O)c4cc(C5CC5)on4)C3)C2)C[C@H]1NC(=O)c1cc(C2CC2)on1. The van der Waals surface area contributed by atoms with E-state index < -0.39 is 0 Å². The second kappa shape index (κ2) is 14.7. The monoisotopic (exact) mass is 690 g/mol. The number of hydrogen-bond acceptors (Lipinski definition) is 10. The molecule has 0 radical (unpaired) electrons. The van der Waals surface area contributed by atoms with E-state index >= 15 is 0 Å². The standard InChI is InChI=1S/C38H58N8O4/c1-23-17-45(21-33(23)40-37(47)31-15-35(49-42-31)26-4-5-26)13-9-25-8-11-39-30(14-25)29-20-44(3)12-10-28(29)19-46-18-24(2)34(22-46)41-38(48)32-16-36(50-43-32)27-6-7-27/h15-16,23-30,33-34,39H,4-14,17-22H2,1-3H3,(H,40,47)(H,41,48)/t23-,24-,25?,28?,29?,30?,33+,34+/m0/s1. The van der Waals surface area contributed by atoms with Crippen LogP contribution in [0.3, 0.4) is 0 Å². The molecule has 0 spiro atoms. The predicted molar refractivity (Wildman–Crippen MR) is 189 cm³/mol. The fraction of sp³-hybridized carbons (Fsp3) is 0.789. The van der Waals surface area contributed by atoms with Crippen LogP contribution in [0.1, 0.15) is 110 Å². The van der Waals surface area contributed by atoms with Crippen molar-refractivity contribution in [2.75, 3.05) is 66.0 Å². The summed E-state index contributed by atoms with van der Waals surface area (Å²) in [5.41, 5.74) is 0.836. The molecule has 2 aliphatic carbocycles. The van der Waals surface area contributed by atoms with Gasteiger partial charge in [-0.05, 0) is 108 Å². The van der Waals surface area contributed by atoms with Crippen LogP contribution in [0.4, 0.5) is 0 Å². The number of carbonyl (C=O) groups excluding carboxylic acids is 2. The number of amides is 2. The van der Waals surface area contributed by atoms with Gasteiger partial charge in [-0.25, -0.2) is 0 Å². The van der Waals surface area contributed by atoms with E-state index in [2.05, 4.69) is 61.9 Å². The maximum absolute atomic E-state index is 13.0. The number of piperidine rings is 2. The summed E-state index contributed by atoms with van der Waals surface area (Å²) in [4.78, 5) is 33.6. The van der Waals surface area contributed by atoms with Crippen LogP contribution < -0.4 is 16.0 Å². The molecule has 4 unspecified atom stereocenters. The van der Waals surface area contributed by atoms with Gasteiger partial charge in [0.1, 0.15) is 11.5 Å². The Labute approximate surface area is 296 Å². The van der Waals surface area contributed by atoms with E-state index in [4.69, 9.17) is 9.05 Å². The fourth-order valence-electron chi connectivity index (χ4n) is 9.44. The Hall–Kier alpha value is -2.80.